The van der Waals surface area contributed by atoms with E-state index in [9.17, 15) is 0 Å². The molecule has 0 aliphatic carbocycles. The van der Waals surface area contributed by atoms with Crippen molar-refractivity contribution < 1.29 is 9.47 Å². The SMILES string of the molecule is CCOCc1nc[c]cc1OC. The zero-order valence-electron chi connectivity index (χ0n) is 7.33. The lowest BCUT2D eigenvalue weighted by molar-refractivity contribution is 0.129. The third kappa shape index (κ3) is 2.20. The van der Waals surface area contributed by atoms with Crippen LogP contribution in [0.4, 0.5) is 0 Å². The second-order valence-electron chi connectivity index (χ2n) is 2.22. The van der Waals surface area contributed by atoms with E-state index in [2.05, 4.69) is 11.1 Å². The lowest BCUT2D eigenvalue weighted by Crippen LogP contribution is -1.98. The number of methoxy groups -OCH3 is 1. The molecule has 1 heterocycles. The molecule has 65 valence electrons. The van der Waals surface area contributed by atoms with E-state index in [0.29, 0.717) is 13.2 Å². The van der Waals surface area contributed by atoms with Gasteiger partial charge in [-0.15, -0.1) is 0 Å². The van der Waals surface area contributed by atoms with Crippen LogP contribution in [-0.4, -0.2) is 18.7 Å². The normalized spacial score (nSPS) is 9.83. The average molecular weight is 166 g/mol. The van der Waals surface area contributed by atoms with Crippen LogP contribution < -0.4 is 4.74 Å². The molecular weight excluding hydrogens is 154 g/mol. The quantitative estimate of drug-likeness (QED) is 0.678. The molecule has 0 bridgehead atoms. The highest BCUT2D eigenvalue weighted by molar-refractivity contribution is 5.25. The van der Waals surface area contributed by atoms with Gasteiger partial charge in [-0.2, -0.15) is 0 Å². The summed E-state index contributed by atoms with van der Waals surface area (Å²) in [4.78, 5) is 4.08. The van der Waals surface area contributed by atoms with Crippen molar-refractivity contribution in [1.82, 2.24) is 4.98 Å². The van der Waals surface area contributed by atoms with Gasteiger partial charge in [0, 0.05) is 18.9 Å². The molecule has 0 amide bonds. The molecule has 0 spiro atoms. The third-order valence-electron chi connectivity index (χ3n) is 1.46. The first kappa shape index (κ1) is 9.00. The Morgan fingerprint density at radius 3 is 3.08 bits per heavy atom. The molecule has 0 unspecified atom stereocenters. The summed E-state index contributed by atoms with van der Waals surface area (Å²) in [6.07, 6.45) is 1.61. The second kappa shape index (κ2) is 4.72. The minimum Gasteiger partial charge on any atom is -0.495 e. The highest BCUT2D eigenvalue weighted by atomic mass is 16.5. The number of ether oxygens (including phenoxy) is 2. The van der Waals surface area contributed by atoms with Crippen LogP contribution in [0.1, 0.15) is 12.6 Å². The standard InChI is InChI=1S/C9H12NO2/c1-3-12-7-8-9(11-2)5-4-6-10-8/h5-6H,3,7H2,1-2H3. The summed E-state index contributed by atoms with van der Waals surface area (Å²) in [5, 5.41) is 0. The predicted octanol–water partition coefficient (Wildman–Crippen LogP) is 1.43. The van der Waals surface area contributed by atoms with Gasteiger partial charge in [-0.1, -0.05) is 0 Å². The van der Waals surface area contributed by atoms with Crippen LogP contribution in [0.25, 0.3) is 0 Å². The van der Waals surface area contributed by atoms with Crippen molar-refractivity contribution in [2.45, 2.75) is 13.5 Å². The Kier molecular flexibility index (Phi) is 3.54. The Labute approximate surface area is 72.3 Å². The minimum atomic E-state index is 0.494. The van der Waals surface area contributed by atoms with E-state index in [1.165, 1.54) is 0 Å². The lowest BCUT2D eigenvalue weighted by atomic mass is 10.3. The van der Waals surface area contributed by atoms with Crippen LogP contribution in [0.2, 0.25) is 0 Å². The summed E-state index contributed by atoms with van der Waals surface area (Å²) in [5.74, 6) is 0.728. The molecule has 0 N–H and O–H groups in total. The maximum atomic E-state index is 5.21. The number of hydrogen-bond donors (Lipinski definition) is 0. The summed E-state index contributed by atoms with van der Waals surface area (Å²) >= 11 is 0. The molecule has 0 saturated heterocycles. The number of pyridine rings is 1. The molecule has 1 aromatic heterocycles. The van der Waals surface area contributed by atoms with E-state index in [4.69, 9.17) is 9.47 Å². The molecule has 1 radical (unpaired) electrons. The molecule has 0 fully saturated rings. The van der Waals surface area contributed by atoms with Gasteiger partial charge in [-0.05, 0) is 13.0 Å². The van der Waals surface area contributed by atoms with E-state index < -0.39 is 0 Å². The zero-order chi connectivity index (χ0) is 8.81. The fourth-order valence-electron chi connectivity index (χ4n) is 0.859. The molecule has 1 rings (SSSR count). The van der Waals surface area contributed by atoms with E-state index in [1.54, 1.807) is 19.4 Å². The van der Waals surface area contributed by atoms with Gasteiger partial charge in [-0.25, -0.2) is 0 Å². The van der Waals surface area contributed by atoms with E-state index in [0.717, 1.165) is 11.4 Å². The smallest absolute Gasteiger partial charge is 0.143 e. The van der Waals surface area contributed by atoms with Gasteiger partial charge in [0.05, 0.1) is 13.7 Å². The Morgan fingerprint density at radius 1 is 1.58 bits per heavy atom. The largest absolute Gasteiger partial charge is 0.495 e. The highest BCUT2D eigenvalue weighted by Crippen LogP contribution is 2.14. The maximum absolute atomic E-state index is 5.21. The molecule has 0 aliphatic rings. The lowest BCUT2D eigenvalue weighted by Gasteiger charge is -2.05. The monoisotopic (exact) mass is 166 g/mol. The molecule has 3 nitrogen and oxygen atoms in total. The highest BCUT2D eigenvalue weighted by Gasteiger charge is 2.01. The summed E-state index contributed by atoms with van der Waals surface area (Å²) in [6, 6.07) is 4.59. The van der Waals surface area contributed by atoms with Crippen molar-refractivity contribution >= 4 is 0 Å². The van der Waals surface area contributed by atoms with Crippen LogP contribution in [0.5, 0.6) is 5.75 Å². The second-order valence-corrected chi connectivity index (χ2v) is 2.22. The molecule has 1 aromatic rings. The van der Waals surface area contributed by atoms with Crippen LogP contribution in [-0.2, 0) is 11.3 Å². The van der Waals surface area contributed by atoms with Gasteiger partial charge in [0.15, 0.2) is 0 Å². The van der Waals surface area contributed by atoms with Crippen LogP contribution in [0.15, 0.2) is 12.3 Å². The van der Waals surface area contributed by atoms with E-state index in [-0.39, 0.29) is 0 Å². The van der Waals surface area contributed by atoms with Gasteiger partial charge in [0.25, 0.3) is 0 Å². The van der Waals surface area contributed by atoms with Crippen molar-refractivity contribution in [3.05, 3.63) is 24.0 Å². The fourth-order valence-corrected chi connectivity index (χ4v) is 0.859. The minimum absolute atomic E-state index is 0.494. The first-order valence-corrected chi connectivity index (χ1v) is 3.85. The van der Waals surface area contributed by atoms with Crippen LogP contribution in [0, 0.1) is 6.07 Å². The number of aromatic nitrogens is 1. The van der Waals surface area contributed by atoms with Crippen molar-refractivity contribution in [1.29, 1.82) is 0 Å². The van der Waals surface area contributed by atoms with Crippen molar-refractivity contribution in [2.24, 2.45) is 0 Å². The fraction of sp³-hybridized carbons (Fsp3) is 0.444. The van der Waals surface area contributed by atoms with E-state index >= 15 is 0 Å². The summed E-state index contributed by atoms with van der Waals surface area (Å²) in [6.45, 7) is 3.12. The predicted molar refractivity (Wildman–Crippen MR) is 45.0 cm³/mol. The van der Waals surface area contributed by atoms with Crippen molar-refractivity contribution in [3.63, 3.8) is 0 Å². The molecule has 0 atom stereocenters. The van der Waals surface area contributed by atoms with Crippen LogP contribution in [0.3, 0.4) is 0 Å². The van der Waals surface area contributed by atoms with E-state index in [1.807, 2.05) is 6.92 Å². The average Bonchev–Trinajstić information content (AvgIpc) is 2.15. The Bertz CT molecular complexity index is 238. The van der Waals surface area contributed by atoms with Crippen LogP contribution >= 0.6 is 0 Å². The molecule has 12 heavy (non-hydrogen) atoms. The Hall–Kier alpha value is -1.09. The molecular formula is C9H12NO2. The van der Waals surface area contributed by atoms with Gasteiger partial charge in [0.1, 0.15) is 11.4 Å². The molecule has 0 aliphatic heterocycles. The third-order valence-corrected chi connectivity index (χ3v) is 1.46. The first-order valence-electron chi connectivity index (χ1n) is 3.85. The van der Waals surface area contributed by atoms with Crippen molar-refractivity contribution in [2.75, 3.05) is 13.7 Å². The maximum Gasteiger partial charge on any atom is 0.143 e. The van der Waals surface area contributed by atoms with Gasteiger partial charge in [-0.3, -0.25) is 4.98 Å². The van der Waals surface area contributed by atoms with Gasteiger partial charge >= 0.3 is 0 Å². The van der Waals surface area contributed by atoms with Gasteiger partial charge < -0.3 is 9.47 Å². The first-order chi connectivity index (χ1) is 5.88. The zero-order valence-corrected chi connectivity index (χ0v) is 7.33. The summed E-state index contributed by atoms with van der Waals surface area (Å²) in [5.41, 5.74) is 0.818. The molecule has 0 saturated carbocycles. The summed E-state index contributed by atoms with van der Waals surface area (Å²) in [7, 11) is 1.61. The number of rotatable bonds is 4. The van der Waals surface area contributed by atoms with Crippen molar-refractivity contribution in [3.8, 4) is 5.75 Å². The molecule has 3 heteroatoms. The number of nitrogens with zero attached hydrogens (tertiary/aromatic N) is 1. The Morgan fingerprint density at radius 2 is 2.42 bits per heavy atom. The topological polar surface area (TPSA) is 31.4 Å². The number of hydrogen-bond acceptors (Lipinski definition) is 3. The molecule has 0 aromatic carbocycles. The van der Waals surface area contributed by atoms with Gasteiger partial charge in [0.2, 0.25) is 0 Å². The Balaban J connectivity index is 2.68. The summed E-state index contributed by atoms with van der Waals surface area (Å²) < 4.78 is 10.3.